The molecular formula is C18H20N6O. The third-order valence-corrected chi connectivity index (χ3v) is 4.54. The van der Waals surface area contributed by atoms with Crippen LogP contribution in [0.2, 0.25) is 0 Å². The Morgan fingerprint density at radius 1 is 1.20 bits per heavy atom. The molecule has 2 amide bonds. The highest BCUT2D eigenvalue weighted by Crippen LogP contribution is 2.19. The molecule has 1 saturated heterocycles. The highest BCUT2D eigenvalue weighted by atomic mass is 16.2. The van der Waals surface area contributed by atoms with Crippen LogP contribution in [0.1, 0.15) is 5.56 Å². The van der Waals surface area contributed by atoms with E-state index in [1.807, 2.05) is 35.4 Å². The summed E-state index contributed by atoms with van der Waals surface area (Å²) in [4.78, 5) is 21.0. The van der Waals surface area contributed by atoms with Crippen LogP contribution in [0.15, 0.2) is 42.7 Å². The van der Waals surface area contributed by atoms with Gasteiger partial charge in [-0.25, -0.2) is 9.78 Å². The molecule has 4 rings (SSSR count). The average molecular weight is 336 g/mol. The first-order valence-electron chi connectivity index (χ1n) is 8.36. The number of hydrogen-bond donors (Lipinski definition) is 2. The van der Waals surface area contributed by atoms with Gasteiger partial charge in [-0.1, -0.05) is 6.07 Å². The van der Waals surface area contributed by atoms with Crippen molar-refractivity contribution in [3.05, 3.63) is 48.3 Å². The van der Waals surface area contributed by atoms with Crippen LogP contribution in [0.5, 0.6) is 0 Å². The normalized spacial score (nSPS) is 14.8. The molecule has 7 heteroatoms. The topological polar surface area (TPSA) is 77.2 Å². The number of aryl methyl sites for hydroxylation is 1. The van der Waals surface area contributed by atoms with Crippen molar-refractivity contribution in [1.82, 2.24) is 20.1 Å². The number of nitrogens with one attached hydrogen (secondary N) is 2. The van der Waals surface area contributed by atoms with Gasteiger partial charge in [-0.15, -0.1) is 0 Å². The minimum absolute atomic E-state index is 0.0729. The van der Waals surface area contributed by atoms with Gasteiger partial charge in [0, 0.05) is 43.4 Å². The number of urea groups is 1. The SMILES string of the molecule is Cc1cccnc1N1CCN(C(=O)Nc2ccc3cn[nH]c3c2)CC1. The molecular weight excluding hydrogens is 316 g/mol. The van der Waals surface area contributed by atoms with Crippen LogP contribution in [0.25, 0.3) is 10.9 Å². The van der Waals surface area contributed by atoms with Gasteiger partial charge in [-0.2, -0.15) is 5.10 Å². The van der Waals surface area contributed by atoms with Gasteiger partial charge >= 0.3 is 6.03 Å². The molecule has 0 spiro atoms. The minimum atomic E-state index is -0.0729. The maximum absolute atomic E-state index is 12.5. The molecule has 1 aromatic carbocycles. The molecule has 1 fully saturated rings. The maximum atomic E-state index is 12.5. The van der Waals surface area contributed by atoms with E-state index in [-0.39, 0.29) is 6.03 Å². The zero-order valence-corrected chi connectivity index (χ0v) is 14.1. The number of benzene rings is 1. The van der Waals surface area contributed by atoms with Gasteiger partial charge in [-0.05, 0) is 36.8 Å². The summed E-state index contributed by atoms with van der Waals surface area (Å²) >= 11 is 0. The first-order chi connectivity index (χ1) is 12.2. The average Bonchev–Trinajstić information content (AvgIpc) is 3.10. The minimum Gasteiger partial charge on any atom is -0.353 e. The molecule has 7 nitrogen and oxygen atoms in total. The quantitative estimate of drug-likeness (QED) is 0.754. The van der Waals surface area contributed by atoms with Crippen molar-refractivity contribution in [2.24, 2.45) is 0 Å². The van der Waals surface area contributed by atoms with Crippen molar-refractivity contribution in [2.75, 3.05) is 36.4 Å². The number of fused-ring (bicyclic) bond motifs is 1. The number of hydrogen-bond acceptors (Lipinski definition) is 4. The summed E-state index contributed by atoms with van der Waals surface area (Å²) in [6.45, 7) is 4.98. The molecule has 25 heavy (non-hydrogen) atoms. The molecule has 0 atom stereocenters. The Morgan fingerprint density at radius 3 is 2.84 bits per heavy atom. The summed E-state index contributed by atoms with van der Waals surface area (Å²) in [6.07, 6.45) is 3.58. The molecule has 3 heterocycles. The molecule has 0 unspecified atom stereocenters. The molecule has 1 aliphatic heterocycles. The molecule has 0 radical (unpaired) electrons. The van der Waals surface area contributed by atoms with E-state index in [1.165, 1.54) is 0 Å². The van der Waals surface area contributed by atoms with E-state index in [2.05, 4.69) is 38.4 Å². The number of anilines is 2. The number of H-pyrrole nitrogens is 1. The predicted molar refractivity (Wildman–Crippen MR) is 97.9 cm³/mol. The fourth-order valence-corrected chi connectivity index (χ4v) is 3.15. The van der Waals surface area contributed by atoms with E-state index in [1.54, 1.807) is 6.20 Å². The molecule has 0 saturated carbocycles. The summed E-state index contributed by atoms with van der Waals surface area (Å²) in [5.74, 6) is 1.01. The van der Waals surface area contributed by atoms with Crippen molar-refractivity contribution >= 4 is 28.4 Å². The van der Waals surface area contributed by atoms with Crippen LogP contribution < -0.4 is 10.2 Å². The number of amides is 2. The monoisotopic (exact) mass is 336 g/mol. The first-order valence-corrected chi connectivity index (χ1v) is 8.36. The number of piperazine rings is 1. The van der Waals surface area contributed by atoms with Gasteiger partial charge < -0.3 is 15.1 Å². The first kappa shape index (κ1) is 15.4. The maximum Gasteiger partial charge on any atom is 0.321 e. The van der Waals surface area contributed by atoms with E-state index < -0.39 is 0 Å². The molecule has 0 bridgehead atoms. The summed E-state index contributed by atoms with van der Waals surface area (Å²) in [5.41, 5.74) is 2.84. The Morgan fingerprint density at radius 2 is 2.04 bits per heavy atom. The zero-order valence-electron chi connectivity index (χ0n) is 14.1. The van der Waals surface area contributed by atoms with Crippen LogP contribution in [0, 0.1) is 6.92 Å². The van der Waals surface area contributed by atoms with Gasteiger partial charge in [0.15, 0.2) is 0 Å². The Hall–Kier alpha value is -3.09. The van der Waals surface area contributed by atoms with Crippen molar-refractivity contribution in [2.45, 2.75) is 6.92 Å². The molecule has 2 aromatic heterocycles. The Labute approximate surface area is 145 Å². The van der Waals surface area contributed by atoms with Crippen molar-refractivity contribution < 1.29 is 4.79 Å². The Balaban J connectivity index is 1.38. The van der Waals surface area contributed by atoms with Crippen molar-refractivity contribution in [3.63, 3.8) is 0 Å². The van der Waals surface area contributed by atoms with Crippen LogP contribution in [0.3, 0.4) is 0 Å². The largest absolute Gasteiger partial charge is 0.353 e. The lowest BCUT2D eigenvalue weighted by molar-refractivity contribution is 0.208. The predicted octanol–water partition coefficient (Wildman–Crippen LogP) is 2.62. The standard InChI is InChI=1S/C18H20N6O/c1-13-3-2-6-19-17(13)23-7-9-24(10-8-23)18(25)21-15-5-4-14-12-20-22-16(14)11-15/h2-6,11-12H,7-10H2,1H3,(H,20,22)(H,21,25). The van der Waals surface area contributed by atoms with E-state index >= 15 is 0 Å². The number of carbonyl (C=O) groups excluding carboxylic acids is 1. The van der Waals surface area contributed by atoms with E-state index in [4.69, 9.17) is 0 Å². The zero-order chi connectivity index (χ0) is 17.2. The van der Waals surface area contributed by atoms with Gasteiger partial charge in [0.05, 0.1) is 11.7 Å². The Bertz CT molecular complexity index is 897. The number of carbonyl (C=O) groups is 1. The molecule has 128 valence electrons. The number of pyridine rings is 1. The lowest BCUT2D eigenvalue weighted by Crippen LogP contribution is -2.50. The summed E-state index contributed by atoms with van der Waals surface area (Å²) in [7, 11) is 0. The third-order valence-electron chi connectivity index (χ3n) is 4.54. The number of rotatable bonds is 2. The highest BCUT2D eigenvalue weighted by molar-refractivity contribution is 5.92. The highest BCUT2D eigenvalue weighted by Gasteiger charge is 2.22. The van der Waals surface area contributed by atoms with Crippen LogP contribution in [0.4, 0.5) is 16.3 Å². The van der Waals surface area contributed by atoms with E-state index in [9.17, 15) is 4.79 Å². The van der Waals surface area contributed by atoms with Crippen molar-refractivity contribution in [1.29, 1.82) is 0 Å². The Kier molecular flexibility index (Phi) is 3.97. The van der Waals surface area contributed by atoms with E-state index in [0.29, 0.717) is 13.1 Å². The van der Waals surface area contributed by atoms with Crippen LogP contribution in [-0.2, 0) is 0 Å². The van der Waals surface area contributed by atoms with Gasteiger partial charge in [0.2, 0.25) is 0 Å². The fraction of sp³-hybridized carbons (Fsp3) is 0.278. The number of aromatic amines is 1. The molecule has 2 N–H and O–H groups in total. The van der Waals surface area contributed by atoms with Crippen LogP contribution >= 0.6 is 0 Å². The van der Waals surface area contributed by atoms with Gasteiger partial charge in [0.25, 0.3) is 0 Å². The lowest BCUT2D eigenvalue weighted by atomic mass is 10.2. The molecule has 0 aliphatic carbocycles. The second-order valence-electron chi connectivity index (χ2n) is 6.22. The summed E-state index contributed by atoms with van der Waals surface area (Å²) in [6, 6.07) is 9.66. The smallest absolute Gasteiger partial charge is 0.321 e. The number of aromatic nitrogens is 3. The summed E-state index contributed by atoms with van der Waals surface area (Å²) in [5, 5.41) is 10.9. The number of nitrogens with zero attached hydrogens (tertiary/aromatic N) is 4. The second kappa shape index (κ2) is 6.43. The lowest BCUT2D eigenvalue weighted by Gasteiger charge is -2.35. The van der Waals surface area contributed by atoms with E-state index in [0.717, 1.165) is 41.1 Å². The third kappa shape index (κ3) is 3.13. The fourth-order valence-electron chi connectivity index (χ4n) is 3.15. The summed E-state index contributed by atoms with van der Waals surface area (Å²) < 4.78 is 0. The molecule has 3 aromatic rings. The van der Waals surface area contributed by atoms with Crippen molar-refractivity contribution in [3.8, 4) is 0 Å². The second-order valence-corrected chi connectivity index (χ2v) is 6.22. The van der Waals surface area contributed by atoms with Gasteiger partial charge in [-0.3, -0.25) is 5.10 Å². The molecule has 1 aliphatic rings. The van der Waals surface area contributed by atoms with Crippen LogP contribution in [-0.4, -0.2) is 52.3 Å². The van der Waals surface area contributed by atoms with Gasteiger partial charge in [0.1, 0.15) is 5.82 Å².